The monoisotopic (exact) mass is 364 g/mol. The lowest BCUT2D eigenvalue weighted by molar-refractivity contribution is -0.139. The number of carboxylic acid groups (broad SMARTS) is 1. The van der Waals surface area contributed by atoms with Crippen LogP contribution in [0.2, 0.25) is 0 Å². The molecule has 146 valence electrons. The van der Waals surface area contributed by atoms with Crippen molar-refractivity contribution in [2.75, 3.05) is 6.54 Å². The Balaban J connectivity index is 2.20. The van der Waals surface area contributed by atoms with Crippen molar-refractivity contribution in [1.82, 2.24) is 10.6 Å². The first-order chi connectivity index (χ1) is 12.5. The molecular weight excluding hydrogens is 332 g/mol. The number of aromatic hydroxyl groups is 1. The molecule has 1 rings (SSSR count). The smallest absolute Gasteiger partial charge is 0.326 e. The van der Waals surface area contributed by atoms with Gasteiger partial charge in [0.15, 0.2) is 0 Å². The van der Waals surface area contributed by atoms with Gasteiger partial charge in [0.2, 0.25) is 0 Å². The summed E-state index contributed by atoms with van der Waals surface area (Å²) in [5, 5.41) is 23.8. The van der Waals surface area contributed by atoms with Gasteiger partial charge in [-0.2, -0.15) is 0 Å². The van der Waals surface area contributed by atoms with Crippen LogP contribution in [0.5, 0.6) is 5.75 Å². The molecule has 0 aliphatic rings. The molecule has 6 heteroatoms. The molecule has 1 aromatic rings. The van der Waals surface area contributed by atoms with E-state index >= 15 is 0 Å². The molecule has 26 heavy (non-hydrogen) atoms. The van der Waals surface area contributed by atoms with Gasteiger partial charge in [-0.25, -0.2) is 9.59 Å². The number of carboxylic acids is 1. The average molecular weight is 364 g/mol. The van der Waals surface area contributed by atoms with Crippen LogP contribution in [0, 0.1) is 0 Å². The highest BCUT2D eigenvalue weighted by Gasteiger charge is 2.20. The highest BCUT2D eigenvalue weighted by molar-refractivity contribution is 5.82. The summed E-state index contributed by atoms with van der Waals surface area (Å²) in [6, 6.07) is 4.82. The van der Waals surface area contributed by atoms with Gasteiger partial charge in [0.1, 0.15) is 11.8 Å². The van der Waals surface area contributed by atoms with E-state index in [0.29, 0.717) is 6.54 Å². The van der Waals surface area contributed by atoms with Gasteiger partial charge in [0.25, 0.3) is 0 Å². The second kappa shape index (κ2) is 13.0. The first kappa shape index (κ1) is 21.8. The lowest BCUT2D eigenvalue weighted by atomic mass is 10.1. The Morgan fingerprint density at radius 2 is 1.54 bits per heavy atom. The van der Waals surface area contributed by atoms with E-state index in [1.165, 1.54) is 50.7 Å². The highest BCUT2D eigenvalue weighted by atomic mass is 16.4. The van der Waals surface area contributed by atoms with Crippen LogP contribution in [0.4, 0.5) is 4.79 Å². The third kappa shape index (κ3) is 9.91. The van der Waals surface area contributed by atoms with Crippen LogP contribution in [0.25, 0.3) is 0 Å². The molecule has 2 amide bonds. The molecular formula is C20H32N2O4. The molecule has 0 aromatic heterocycles. The van der Waals surface area contributed by atoms with Crippen LogP contribution in [0.1, 0.15) is 63.9 Å². The van der Waals surface area contributed by atoms with Crippen molar-refractivity contribution in [2.45, 2.75) is 70.8 Å². The molecule has 0 saturated heterocycles. The van der Waals surface area contributed by atoms with Crippen molar-refractivity contribution in [1.29, 1.82) is 0 Å². The Hall–Kier alpha value is -2.24. The number of hydrogen-bond donors (Lipinski definition) is 4. The van der Waals surface area contributed by atoms with Crippen LogP contribution in [0.15, 0.2) is 24.3 Å². The Morgan fingerprint density at radius 3 is 2.12 bits per heavy atom. The number of amides is 2. The van der Waals surface area contributed by atoms with Gasteiger partial charge in [-0.3, -0.25) is 0 Å². The number of carbonyl (C=O) groups excluding carboxylic acids is 1. The van der Waals surface area contributed by atoms with Gasteiger partial charge in [-0.15, -0.1) is 0 Å². The predicted octanol–water partition coefficient (Wildman–Crippen LogP) is 3.83. The topological polar surface area (TPSA) is 98.7 Å². The van der Waals surface area contributed by atoms with Gasteiger partial charge >= 0.3 is 12.0 Å². The largest absolute Gasteiger partial charge is 0.508 e. The summed E-state index contributed by atoms with van der Waals surface area (Å²) in [6.07, 6.45) is 9.68. The van der Waals surface area contributed by atoms with E-state index in [2.05, 4.69) is 17.6 Å². The van der Waals surface area contributed by atoms with E-state index in [1.54, 1.807) is 12.1 Å². The molecule has 0 unspecified atom stereocenters. The summed E-state index contributed by atoms with van der Waals surface area (Å²) in [6.45, 7) is 2.75. The summed E-state index contributed by atoms with van der Waals surface area (Å²) in [7, 11) is 0. The summed E-state index contributed by atoms with van der Waals surface area (Å²) >= 11 is 0. The molecule has 4 N–H and O–H groups in total. The van der Waals surface area contributed by atoms with Gasteiger partial charge in [0.05, 0.1) is 0 Å². The van der Waals surface area contributed by atoms with Crippen molar-refractivity contribution in [3.8, 4) is 5.75 Å². The van der Waals surface area contributed by atoms with E-state index in [9.17, 15) is 19.8 Å². The minimum atomic E-state index is -1.08. The van der Waals surface area contributed by atoms with Gasteiger partial charge in [-0.1, -0.05) is 64.0 Å². The molecule has 0 bridgehead atoms. The van der Waals surface area contributed by atoms with Crippen LogP contribution in [0.3, 0.4) is 0 Å². The van der Waals surface area contributed by atoms with Crippen LogP contribution in [-0.4, -0.2) is 34.8 Å². The number of hydrogen-bond acceptors (Lipinski definition) is 3. The molecule has 0 heterocycles. The van der Waals surface area contributed by atoms with E-state index < -0.39 is 18.0 Å². The zero-order valence-electron chi connectivity index (χ0n) is 15.7. The number of phenols is 1. The summed E-state index contributed by atoms with van der Waals surface area (Å²) in [5.41, 5.74) is 0.735. The van der Waals surface area contributed by atoms with E-state index in [1.807, 2.05) is 0 Å². The number of benzene rings is 1. The number of nitrogens with one attached hydrogen (secondary N) is 2. The Kier molecular flexibility index (Phi) is 10.9. The van der Waals surface area contributed by atoms with Gasteiger partial charge in [0, 0.05) is 13.0 Å². The van der Waals surface area contributed by atoms with Crippen LogP contribution in [-0.2, 0) is 11.2 Å². The number of unbranched alkanes of at least 4 members (excludes halogenated alkanes) is 7. The Bertz CT molecular complexity index is 531. The minimum Gasteiger partial charge on any atom is -0.508 e. The van der Waals surface area contributed by atoms with Gasteiger partial charge < -0.3 is 20.8 Å². The molecule has 0 saturated carbocycles. The molecule has 0 fully saturated rings. The molecule has 1 aromatic carbocycles. The number of rotatable bonds is 13. The number of urea groups is 1. The van der Waals surface area contributed by atoms with Gasteiger partial charge in [-0.05, 0) is 24.1 Å². The lowest BCUT2D eigenvalue weighted by Gasteiger charge is -2.15. The van der Waals surface area contributed by atoms with E-state index in [0.717, 1.165) is 18.4 Å². The normalized spacial score (nSPS) is 11.7. The van der Waals surface area contributed by atoms with E-state index in [-0.39, 0.29) is 12.2 Å². The zero-order chi connectivity index (χ0) is 19.2. The third-order valence-electron chi connectivity index (χ3n) is 4.30. The molecule has 6 nitrogen and oxygen atoms in total. The van der Waals surface area contributed by atoms with E-state index in [4.69, 9.17) is 0 Å². The fourth-order valence-electron chi connectivity index (χ4n) is 2.74. The Morgan fingerprint density at radius 1 is 0.962 bits per heavy atom. The fraction of sp³-hybridized carbons (Fsp3) is 0.600. The second-order valence-electron chi connectivity index (χ2n) is 6.64. The maximum Gasteiger partial charge on any atom is 0.326 e. The zero-order valence-corrected chi connectivity index (χ0v) is 15.7. The summed E-state index contributed by atoms with van der Waals surface area (Å²) < 4.78 is 0. The Labute approximate surface area is 156 Å². The molecule has 0 aliphatic heterocycles. The number of aliphatic carboxylic acids is 1. The second-order valence-corrected chi connectivity index (χ2v) is 6.64. The fourth-order valence-corrected chi connectivity index (χ4v) is 2.74. The summed E-state index contributed by atoms with van der Waals surface area (Å²) in [4.78, 5) is 23.2. The van der Waals surface area contributed by atoms with Crippen LogP contribution < -0.4 is 10.6 Å². The molecule has 0 aliphatic carbocycles. The first-order valence-electron chi connectivity index (χ1n) is 9.58. The van der Waals surface area contributed by atoms with Crippen molar-refractivity contribution >= 4 is 12.0 Å². The number of phenolic OH excluding ortho intramolecular Hbond substituents is 1. The molecule has 0 radical (unpaired) electrons. The van der Waals surface area contributed by atoms with Crippen molar-refractivity contribution in [3.63, 3.8) is 0 Å². The summed E-state index contributed by atoms with van der Waals surface area (Å²) in [5.74, 6) is -0.961. The van der Waals surface area contributed by atoms with Crippen molar-refractivity contribution < 1.29 is 19.8 Å². The molecule has 0 spiro atoms. The standard InChI is InChI=1S/C20H32N2O4/c1-2-3-4-5-6-7-8-9-14-21-20(26)22-18(19(24)25)15-16-10-12-17(23)13-11-16/h10-13,18,23H,2-9,14-15H2,1H3,(H,24,25)(H2,21,22,26)/t18-/m0/s1. The lowest BCUT2D eigenvalue weighted by Crippen LogP contribution is -2.47. The third-order valence-corrected chi connectivity index (χ3v) is 4.30. The number of carbonyl (C=O) groups is 2. The van der Waals surface area contributed by atoms with Crippen molar-refractivity contribution in [3.05, 3.63) is 29.8 Å². The van der Waals surface area contributed by atoms with Crippen LogP contribution >= 0.6 is 0 Å². The predicted molar refractivity (Wildman–Crippen MR) is 102 cm³/mol. The SMILES string of the molecule is CCCCCCCCCCNC(=O)N[C@@H](Cc1ccc(O)cc1)C(=O)O. The average Bonchev–Trinajstić information content (AvgIpc) is 2.61. The quantitative estimate of drug-likeness (QED) is 0.400. The first-order valence-corrected chi connectivity index (χ1v) is 9.58. The molecule has 1 atom stereocenters. The van der Waals surface area contributed by atoms with Crippen molar-refractivity contribution in [2.24, 2.45) is 0 Å². The maximum atomic E-state index is 11.9. The minimum absolute atomic E-state index is 0.122. The maximum absolute atomic E-state index is 11.9. The highest BCUT2D eigenvalue weighted by Crippen LogP contribution is 2.11.